The number of para-hydroxylation sites is 1. The molecule has 2 N–H and O–H groups in total. The van der Waals surface area contributed by atoms with Crippen LogP contribution in [0.4, 0.5) is 5.82 Å². The van der Waals surface area contributed by atoms with Crippen molar-refractivity contribution in [2.75, 3.05) is 5.32 Å². The number of benzene rings is 1. The molecular weight excluding hydrogens is 426 g/mol. The van der Waals surface area contributed by atoms with Crippen LogP contribution in [-0.4, -0.2) is 20.9 Å². The molecule has 0 aliphatic heterocycles. The average Bonchev–Trinajstić information content (AvgIpc) is 3.44. The normalized spacial score (nSPS) is 11.1. The molecule has 0 aliphatic carbocycles. The van der Waals surface area contributed by atoms with Gasteiger partial charge in [0.15, 0.2) is 0 Å². The van der Waals surface area contributed by atoms with Gasteiger partial charge in [-0.05, 0) is 41.6 Å². The van der Waals surface area contributed by atoms with Crippen LogP contribution in [0.15, 0.2) is 60.4 Å². The van der Waals surface area contributed by atoms with Gasteiger partial charge >= 0.3 is 0 Å². The number of pyridine rings is 1. The summed E-state index contributed by atoms with van der Waals surface area (Å²) in [5.74, 6) is 0.641. The van der Waals surface area contributed by atoms with Crippen LogP contribution < -0.4 is 10.6 Å². The number of aryl methyl sites for hydroxylation is 1. The summed E-state index contributed by atoms with van der Waals surface area (Å²) in [6.07, 6.45) is 3.34. The molecule has 0 aliphatic rings. The van der Waals surface area contributed by atoms with Crippen molar-refractivity contribution in [3.8, 4) is 0 Å². The molecule has 5 aromatic rings. The molecular formula is C23H19N5OS2. The second kappa shape index (κ2) is 8.41. The minimum Gasteiger partial charge on any atom is -0.365 e. The van der Waals surface area contributed by atoms with E-state index in [9.17, 15) is 4.79 Å². The number of hydrogen-bond donors (Lipinski definition) is 2. The van der Waals surface area contributed by atoms with Gasteiger partial charge in [-0.25, -0.2) is 9.97 Å². The van der Waals surface area contributed by atoms with Crippen LogP contribution in [0.1, 0.15) is 25.7 Å². The zero-order valence-corrected chi connectivity index (χ0v) is 18.4. The summed E-state index contributed by atoms with van der Waals surface area (Å²) in [5.41, 5.74) is 2.80. The minimum atomic E-state index is -0.113. The average molecular weight is 446 g/mol. The number of nitrogens with zero attached hydrogens (tertiary/aromatic N) is 3. The zero-order valence-electron chi connectivity index (χ0n) is 16.8. The number of fused-ring (bicyclic) bond motifs is 2. The molecule has 0 saturated carbocycles. The van der Waals surface area contributed by atoms with E-state index in [0.717, 1.165) is 38.1 Å². The van der Waals surface area contributed by atoms with Crippen LogP contribution in [-0.2, 0) is 13.1 Å². The van der Waals surface area contributed by atoms with Gasteiger partial charge in [0.1, 0.15) is 17.0 Å². The van der Waals surface area contributed by atoms with Crippen LogP contribution >= 0.6 is 22.7 Å². The molecule has 0 spiro atoms. The third kappa shape index (κ3) is 3.99. The maximum Gasteiger partial charge on any atom is 0.261 e. The van der Waals surface area contributed by atoms with Crippen LogP contribution in [0.25, 0.3) is 21.1 Å². The van der Waals surface area contributed by atoms with E-state index in [1.165, 1.54) is 22.5 Å². The van der Waals surface area contributed by atoms with E-state index in [-0.39, 0.29) is 5.91 Å². The van der Waals surface area contributed by atoms with Gasteiger partial charge in [0, 0.05) is 23.0 Å². The van der Waals surface area contributed by atoms with Crippen molar-refractivity contribution in [3.63, 3.8) is 0 Å². The Kier molecular flexibility index (Phi) is 5.31. The van der Waals surface area contributed by atoms with E-state index in [0.29, 0.717) is 18.0 Å². The van der Waals surface area contributed by atoms with Crippen LogP contribution in [0.2, 0.25) is 0 Å². The number of hydrogen-bond acceptors (Lipinski definition) is 7. The van der Waals surface area contributed by atoms with E-state index in [1.807, 2.05) is 37.3 Å². The molecule has 0 saturated heterocycles. The van der Waals surface area contributed by atoms with Gasteiger partial charge in [0.25, 0.3) is 5.91 Å². The van der Waals surface area contributed by atoms with E-state index in [1.54, 1.807) is 17.5 Å². The summed E-state index contributed by atoms with van der Waals surface area (Å²) in [5, 5.41) is 10.4. The number of anilines is 1. The number of carbonyl (C=O) groups is 1. The number of amides is 1. The number of aromatic nitrogens is 3. The van der Waals surface area contributed by atoms with Gasteiger partial charge in [-0.15, -0.1) is 22.7 Å². The molecule has 31 heavy (non-hydrogen) atoms. The van der Waals surface area contributed by atoms with Crippen LogP contribution in [0.3, 0.4) is 0 Å². The second-order valence-corrected chi connectivity index (χ2v) is 9.14. The Hall–Kier alpha value is -3.36. The highest BCUT2D eigenvalue weighted by Gasteiger charge is 2.19. The Bertz CT molecular complexity index is 1380. The fourth-order valence-corrected chi connectivity index (χ4v) is 5.19. The first-order valence-electron chi connectivity index (χ1n) is 9.81. The molecule has 0 fully saturated rings. The lowest BCUT2D eigenvalue weighted by Crippen LogP contribution is -2.22. The molecule has 0 atom stereocenters. The maximum atomic E-state index is 12.9. The minimum absolute atomic E-state index is 0.113. The molecule has 0 radical (unpaired) electrons. The smallest absolute Gasteiger partial charge is 0.261 e. The first kappa shape index (κ1) is 19.6. The number of thiophene rings is 2. The lowest BCUT2D eigenvalue weighted by Gasteiger charge is -2.07. The largest absolute Gasteiger partial charge is 0.365 e. The molecule has 1 amide bonds. The third-order valence-corrected chi connectivity index (χ3v) is 7.12. The quantitative estimate of drug-likeness (QED) is 0.378. The first-order valence-corrected chi connectivity index (χ1v) is 11.5. The highest BCUT2D eigenvalue weighted by Crippen LogP contribution is 2.33. The second-order valence-electron chi connectivity index (χ2n) is 7.11. The third-order valence-electron chi connectivity index (χ3n) is 5.04. The van der Waals surface area contributed by atoms with Gasteiger partial charge < -0.3 is 10.6 Å². The Morgan fingerprint density at radius 2 is 1.97 bits per heavy atom. The predicted molar refractivity (Wildman–Crippen MR) is 127 cm³/mol. The zero-order chi connectivity index (χ0) is 21.2. The standard InChI is InChI=1S/C23H19N5OS2/c1-14-19-21(25-12-17-6-4-8-30-17)27-13-28-23(19)31-20(14)22(29)26-11-15-9-16-5-2-3-7-18(16)24-10-15/h2-10,13H,11-12H2,1H3,(H,26,29)(H,25,27,28). The van der Waals surface area contributed by atoms with Gasteiger partial charge in [-0.3, -0.25) is 9.78 Å². The molecule has 0 unspecified atom stereocenters. The summed E-state index contributed by atoms with van der Waals surface area (Å²) in [6.45, 7) is 3.06. The molecule has 4 aromatic heterocycles. The SMILES string of the molecule is Cc1c(C(=O)NCc2cnc3ccccc3c2)sc2ncnc(NCc3cccs3)c12. The molecule has 0 bridgehead atoms. The summed E-state index contributed by atoms with van der Waals surface area (Å²) in [7, 11) is 0. The van der Waals surface area contributed by atoms with Crippen molar-refractivity contribution in [1.29, 1.82) is 0 Å². The first-order chi connectivity index (χ1) is 15.2. The van der Waals surface area contributed by atoms with Gasteiger partial charge in [0.2, 0.25) is 0 Å². The van der Waals surface area contributed by atoms with E-state index >= 15 is 0 Å². The summed E-state index contributed by atoms with van der Waals surface area (Å²) in [6, 6.07) is 14.1. The van der Waals surface area contributed by atoms with Crippen molar-refractivity contribution in [2.24, 2.45) is 0 Å². The molecule has 154 valence electrons. The number of carbonyl (C=O) groups excluding carboxylic acids is 1. The fourth-order valence-electron chi connectivity index (χ4n) is 3.48. The van der Waals surface area contributed by atoms with Crippen molar-refractivity contribution in [3.05, 3.63) is 81.2 Å². The van der Waals surface area contributed by atoms with Crippen molar-refractivity contribution < 1.29 is 4.79 Å². The van der Waals surface area contributed by atoms with E-state index in [4.69, 9.17) is 0 Å². The topological polar surface area (TPSA) is 79.8 Å². The van der Waals surface area contributed by atoms with Crippen LogP contribution in [0.5, 0.6) is 0 Å². The predicted octanol–water partition coefficient (Wildman–Crippen LogP) is 5.15. The molecule has 4 heterocycles. The van der Waals surface area contributed by atoms with Crippen molar-refractivity contribution in [1.82, 2.24) is 20.3 Å². The molecule has 8 heteroatoms. The molecule has 1 aromatic carbocycles. The summed E-state index contributed by atoms with van der Waals surface area (Å²) in [4.78, 5) is 28.9. The summed E-state index contributed by atoms with van der Waals surface area (Å²) < 4.78 is 0. The Labute approximate surface area is 187 Å². The van der Waals surface area contributed by atoms with Crippen molar-refractivity contribution in [2.45, 2.75) is 20.0 Å². The van der Waals surface area contributed by atoms with Gasteiger partial charge in [-0.2, -0.15) is 0 Å². The lowest BCUT2D eigenvalue weighted by molar-refractivity contribution is 0.0954. The monoisotopic (exact) mass is 445 g/mol. The molecule has 6 nitrogen and oxygen atoms in total. The van der Waals surface area contributed by atoms with E-state index in [2.05, 4.69) is 43.1 Å². The van der Waals surface area contributed by atoms with Gasteiger partial charge in [0.05, 0.1) is 22.3 Å². The number of nitrogens with one attached hydrogen (secondary N) is 2. The Morgan fingerprint density at radius 1 is 1.06 bits per heavy atom. The lowest BCUT2D eigenvalue weighted by atomic mass is 10.1. The van der Waals surface area contributed by atoms with E-state index < -0.39 is 0 Å². The highest BCUT2D eigenvalue weighted by atomic mass is 32.1. The van der Waals surface area contributed by atoms with Crippen LogP contribution in [0, 0.1) is 6.92 Å². The van der Waals surface area contributed by atoms with Crippen molar-refractivity contribution >= 4 is 55.5 Å². The molecule has 5 rings (SSSR count). The summed E-state index contributed by atoms with van der Waals surface area (Å²) >= 11 is 3.09. The Balaban J connectivity index is 1.35. The number of rotatable bonds is 6. The Morgan fingerprint density at radius 3 is 2.84 bits per heavy atom. The van der Waals surface area contributed by atoms with Gasteiger partial charge in [-0.1, -0.05) is 24.3 Å². The highest BCUT2D eigenvalue weighted by molar-refractivity contribution is 7.20. The fraction of sp³-hybridized carbons (Fsp3) is 0.130. The maximum absolute atomic E-state index is 12.9.